The highest BCUT2D eigenvalue weighted by Gasteiger charge is 2.40. The van der Waals surface area contributed by atoms with Crippen LogP contribution in [0.3, 0.4) is 0 Å². The average molecular weight is 357 g/mol. The Hall–Kier alpha value is -1.92. The number of rotatable bonds is 4. The highest BCUT2D eigenvalue weighted by Crippen LogP contribution is 2.33. The van der Waals surface area contributed by atoms with Gasteiger partial charge in [-0.2, -0.15) is 0 Å². The predicted molar refractivity (Wildman–Crippen MR) is 98.4 cm³/mol. The third-order valence-corrected chi connectivity index (χ3v) is 6.33. The van der Waals surface area contributed by atoms with Gasteiger partial charge in [0.05, 0.1) is 4.88 Å². The van der Waals surface area contributed by atoms with Crippen molar-refractivity contribution in [2.75, 3.05) is 13.1 Å². The molecule has 0 saturated carbocycles. The second kappa shape index (κ2) is 6.77. The number of ether oxygens (including phenoxy) is 1. The predicted octanol–water partition coefficient (Wildman–Crippen LogP) is 3.46. The van der Waals surface area contributed by atoms with E-state index in [0.29, 0.717) is 27.8 Å². The number of hydrogen-bond acceptors (Lipinski definition) is 5. The van der Waals surface area contributed by atoms with Gasteiger partial charge in [-0.15, -0.1) is 0 Å². The maximum absolute atomic E-state index is 12.7. The van der Waals surface area contributed by atoms with Crippen LogP contribution in [0.5, 0.6) is 10.9 Å². The second-order valence-corrected chi connectivity index (χ2v) is 8.05. The number of thiophene rings is 1. The highest BCUT2D eigenvalue weighted by molar-refractivity contribution is 7.15. The first-order valence-corrected chi connectivity index (χ1v) is 9.67. The molecule has 3 aliphatic heterocycles. The van der Waals surface area contributed by atoms with Crippen molar-refractivity contribution in [1.29, 1.82) is 0 Å². The molecule has 2 bridgehead atoms. The standard InChI is InChI=1S/C19H23N3O2S/c1-12-3-5-16(20-11-12)24-17-6-4-15(25-17)19(23)21-18-13(2)22-9-7-14(18)8-10-22/h3-6,11,13-14,18H,7-10H2,1-2H3,(H,21,23)/t13-,18-/m0/s1. The van der Waals surface area contributed by atoms with Gasteiger partial charge in [0, 0.05) is 24.3 Å². The Morgan fingerprint density at radius 3 is 2.76 bits per heavy atom. The van der Waals surface area contributed by atoms with Crippen LogP contribution in [0.25, 0.3) is 0 Å². The van der Waals surface area contributed by atoms with Crippen molar-refractivity contribution in [3.63, 3.8) is 0 Å². The molecule has 2 atom stereocenters. The summed E-state index contributed by atoms with van der Waals surface area (Å²) in [7, 11) is 0. The van der Waals surface area contributed by atoms with Crippen molar-refractivity contribution in [1.82, 2.24) is 15.2 Å². The fourth-order valence-corrected chi connectivity index (χ4v) is 4.65. The van der Waals surface area contributed by atoms with Gasteiger partial charge in [0.15, 0.2) is 5.06 Å². The summed E-state index contributed by atoms with van der Waals surface area (Å²) in [6, 6.07) is 8.13. The molecule has 0 spiro atoms. The number of nitrogens with one attached hydrogen (secondary N) is 1. The second-order valence-electron chi connectivity index (χ2n) is 7.01. The first kappa shape index (κ1) is 16.5. The molecule has 5 heterocycles. The minimum Gasteiger partial charge on any atom is -0.428 e. The first-order valence-electron chi connectivity index (χ1n) is 8.85. The lowest BCUT2D eigenvalue weighted by molar-refractivity contribution is 0.0218. The minimum absolute atomic E-state index is 0.00214. The maximum atomic E-state index is 12.7. The van der Waals surface area contributed by atoms with Crippen LogP contribution in [0.1, 0.15) is 35.0 Å². The van der Waals surface area contributed by atoms with E-state index in [4.69, 9.17) is 4.74 Å². The Labute approximate surface area is 152 Å². The molecule has 25 heavy (non-hydrogen) atoms. The van der Waals surface area contributed by atoms with Gasteiger partial charge in [-0.25, -0.2) is 4.98 Å². The van der Waals surface area contributed by atoms with Crippen molar-refractivity contribution < 1.29 is 9.53 Å². The molecule has 2 aromatic heterocycles. The number of aromatic nitrogens is 1. The van der Waals surface area contributed by atoms with Crippen LogP contribution in [-0.2, 0) is 0 Å². The van der Waals surface area contributed by atoms with Gasteiger partial charge in [0.25, 0.3) is 5.91 Å². The molecule has 1 N–H and O–H groups in total. The molecule has 6 heteroatoms. The van der Waals surface area contributed by atoms with E-state index in [-0.39, 0.29) is 11.9 Å². The first-order chi connectivity index (χ1) is 12.1. The number of piperidine rings is 3. The van der Waals surface area contributed by atoms with Crippen LogP contribution in [0.2, 0.25) is 0 Å². The van der Waals surface area contributed by atoms with Crippen LogP contribution >= 0.6 is 11.3 Å². The fraction of sp³-hybridized carbons (Fsp3) is 0.474. The Morgan fingerprint density at radius 2 is 2.08 bits per heavy atom. The number of hydrogen-bond donors (Lipinski definition) is 1. The number of pyridine rings is 1. The summed E-state index contributed by atoms with van der Waals surface area (Å²) >= 11 is 1.36. The van der Waals surface area contributed by atoms with E-state index >= 15 is 0 Å². The van der Waals surface area contributed by atoms with Crippen molar-refractivity contribution in [3.05, 3.63) is 40.9 Å². The molecule has 2 aromatic rings. The third kappa shape index (κ3) is 3.41. The van der Waals surface area contributed by atoms with E-state index in [1.807, 2.05) is 31.2 Å². The molecule has 0 radical (unpaired) electrons. The zero-order chi connectivity index (χ0) is 17.4. The molecule has 3 fully saturated rings. The normalized spacial score (nSPS) is 27.9. The average Bonchev–Trinajstić information content (AvgIpc) is 3.09. The largest absolute Gasteiger partial charge is 0.428 e. The third-order valence-electron chi connectivity index (χ3n) is 5.37. The fourth-order valence-electron chi connectivity index (χ4n) is 3.88. The van der Waals surface area contributed by atoms with E-state index in [1.165, 1.54) is 37.3 Å². The minimum atomic E-state index is 0.00214. The summed E-state index contributed by atoms with van der Waals surface area (Å²) in [5.41, 5.74) is 1.09. The smallest absolute Gasteiger partial charge is 0.261 e. The van der Waals surface area contributed by atoms with E-state index < -0.39 is 0 Å². The Morgan fingerprint density at radius 1 is 1.28 bits per heavy atom. The number of amides is 1. The van der Waals surface area contributed by atoms with Gasteiger partial charge in [-0.05, 0) is 63.4 Å². The molecule has 1 amide bonds. The lowest BCUT2D eigenvalue weighted by Gasteiger charge is -2.49. The van der Waals surface area contributed by atoms with Gasteiger partial charge in [-0.1, -0.05) is 17.4 Å². The van der Waals surface area contributed by atoms with Crippen LogP contribution in [-0.4, -0.2) is 41.0 Å². The molecule has 5 rings (SSSR count). The van der Waals surface area contributed by atoms with Crippen molar-refractivity contribution in [3.8, 4) is 10.9 Å². The maximum Gasteiger partial charge on any atom is 0.261 e. The van der Waals surface area contributed by atoms with Crippen LogP contribution in [0.4, 0.5) is 0 Å². The SMILES string of the molecule is Cc1ccc(Oc2ccc(C(=O)N[C@@H]3C4CCN(CC4)[C@H]3C)s2)nc1. The molecule has 0 aromatic carbocycles. The number of fused-ring (bicyclic) bond motifs is 3. The van der Waals surface area contributed by atoms with Crippen molar-refractivity contribution >= 4 is 17.2 Å². The quantitative estimate of drug-likeness (QED) is 0.910. The van der Waals surface area contributed by atoms with Crippen LogP contribution < -0.4 is 10.1 Å². The van der Waals surface area contributed by atoms with Crippen LogP contribution in [0.15, 0.2) is 30.5 Å². The van der Waals surface area contributed by atoms with Gasteiger partial charge in [0.2, 0.25) is 5.88 Å². The van der Waals surface area contributed by atoms with Gasteiger partial charge in [-0.3, -0.25) is 9.69 Å². The zero-order valence-corrected chi connectivity index (χ0v) is 15.4. The molecule has 0 aliphatic carbocycles. The molecular weight excluding hydrogens is 334 g/mol. The van der Waals surface area contributed by atoms with Crippen molar-refractivity contribution in [2.45, 2.75) is 38.8 Å². The lowest BCUT2D eigenvalue weighted by atomic mass is 9.79. The molecule has 3 aliphatic rings. The van der Waals surface area contributed by atoms with Gasteiger partial charge in [0.1, 0.15) is 0 Å². The van der Waals surface area contributed by atoms with Gasteiger partial charge >= 0.3 is 0 Å². The zero-order valence-electron chi connectivity index (χ0n) is 14.6. The number of aryl methyl sites for hydroxylation is 1. The number of carbonyl (C=O) groups excluding carboxylic acids is 1. The highest BCUT2D eigenvalue weighted by atomic mass is 32.1. The Bertz CT molecular complexity index is 748. The van der Waals surface area contributed by atoms with E-state index in [1.54, 1.807) is 6.20 Å². The summed E-state index contributed by atoms with van der Waals surface area (Å²) < 4.78 is 5.74. The molecule has 5 nitrogen and oxygen atoms in total. The van der Waals surface area contributed by atoms with Crippen molar-refractivity contribution in [2.24, 2.45) is 5.92 Å². The monoisotopic (exact) mass is 357 g/mol. The van der Waals surface area contributed by atoms with E-state index in [9.17, 15) is 4.79 Å². The molecule has 3 saturated heterocycles. The summed E-state index contributed by atoms with van der Waals surface area (Å²) in [6.07, 6.45) is 4.14. The van der Waals surface area contributed by atoms with E-state index in [2.05, 4.69) is 22.1 Å². The molecular formula is C19H23N3O2S. The van der Waals surface area contributed by atoms with E-state index in [0.717, 1.165) is 5.56 Å². The summed E-state index contributed by atoms with van der Waals surface area (Å²) in [6.45, 7) is 6.54. The van der Waals surface area contributed by atoms with Gasteiger partial charge < -0.3 is 10.1 Å². The molecule has 0 unspecified atom stereocenters. The number of carbonyl (C=O) groups is 1. The Kier molecular flexibility index (Phi) is 4.48. The topological polar surface area (TPSA) is 54.5 Å². The van der Waals surface area contributed by atoms with Crippen LogP contribution in [0, 0.1) is 12.8 Å². The summed E-state index contributed by atoms with van der Waals surface area (Å²) in [4.78, 5) is 20.1. The number of nitrogens with zero attached hydrogens (tertiary/aromatic N) is 2. The Balaban J connectivity index is 1.41. The summed E-state index contributed by atoms with van der Waals surface area (Å²) in [5.74, 6) is 1.16. The molecule has 132 valence electrons. The summed E-state index contributed by atoms with van der Waals surface area (Å²) in [5, 5.41) is 3.94. The lowest BCUT2D eigenvalue weighted by Crippen LogP contribution is -2.62.